The Hall–Kier alpha value is -6.51. The van der Waals surface area contributed by atoms with E-state index in [0.717, 1.165) is 69.6 Å². The number of aromatic nitrogens is 5. The number of ether oxygens (including phenoxy) is 1. The smallest absolute Gasteiger partial charge is 0.285 e. The van der Waals surface area contributed by atoms with Gasteiger partial charge in [0.15, 0.2) is 0 Å². The number of benzene rings is 5. The Kier molecular flexibility index (Phi) is 12.5. The molecule has 8 aromatic rings. The van der Waals surface area contributed by atoms with Gasteiger partial charge in [0, 0.05) is 65.1 Å². The molecule has 5 aromatic carbocycles. The van der Waals surface area contributed by atoms with Gasteiger partial charge in [0.25, 0.3) is 5.92 Å². The molecule has 0 spiro atoms. The lowest BCUT2D eigenvalue weighted by molar-refractivity contribution is -0.0630. The van der Waals surface area contributed by atoms with Crippen molar-refractivity contribution in [3.63, 3.8) is 0 Å². The zero-order valence-electron chi connectivity index (χ0n) is 36.0. The Balaban J connectivity index is 0.000000162. The highest BCUT2D eigenvalue weighted by atomic mass is 19.3. The fraction of sp³-hybridized carbons (Fsp3) is 0.275. The van der Waals surface area contributed by atoms with Crippen LogP contribution in [0.3, 0.4) is 0 Å². The van der Waals surface area contributed by atoms with Crippen molar-refractivity contribution < 1.29 is 23.7 Å². The van der Waals surface area contributed by atoms with Gasteiger partial charge in [-0.05, 0) is 93.9 Å². The molecule has 13 heteroatoms. The van der Waals surface area contributed by atoms with Crippen LogP contribution in [0.2, 0.25) is 0 Å². The number of aliphatic hydroxyl groups excluding tert-OH is 2. The number of halogens is 2. The Morgan fingerprint density at radius 3 is 2.02 bits per heavy atom. The van der Waals surface area contributed by atoms with Crippen LogP contribution in [0.25, 0.3) is 44.3 Å². The second kappa shape index (κ2) is 18.7. The van der Waals surface area contributed by atoms with Crippen molar-refractivity contribution in [2.75, 3.05) is 44.6 Å². The molecule has 2 atom stereocenters. The van der Waals surface area contributed by atoms with Crippen LogP contribution >= 0.6 is 0 Å². The van der Waals surface area contributed by atoms with Gasteiger partial charge in [0.2, 0.25) is 0 Å². The molecule has 3 aromatic heterocycles. The van der Waals surface area contributed by atoms with Crippen molar-refractivity contribution >= 4 is 27.9 Å². The summed E-state index contributed by atoms with van der Waals surface area (Å²) in [5.41, 5.74) is 11.8. The standard InChI is InChI=1S/C26H25F2N3O2.C25H27N5O/c1-30-17-29-24-10-9-19(12-25(24)30)18-6-4-7-22(11-18)33-15-21(32)14-31-13-20-5-2-3-8-23(20)26(27,28)16-31;1-29-17-28-23-7-6-19(12-24(23)29)20-8-10-26-25(13-20)27-14-22(31)16-30-11-9-18-4-2-3-5-21(18)15-30/h2-12,17,21,32H,13-16H2,1H3;2-8,10,12-13,17,22,31H,9,11,14-16H2,1H3,(H,26,27)/t;22-/m.1/s1. The maximum Gasteiger partial charge on any atom is 0.285 e. The van der Waals surface area contributed by atoms with Crippen LogP contribution in [0, 0.1) is 0 Å². The monoisotopic (exact) mass is 862 g/mol. The summed E-state index contributed by atoms with van der Waals surface area (Å²) in [6.45, 7) is 3.11. The number of nitrogens with one attached hydrogen (secondary N) is 1. The van der Waals surface area contributed by atoms with Gasteiger partial charge >= 0.3 is 0 Å². The number of pyridine rings is 1. The maximum atomic E-state index is 14.5. The average molecular weight is 863 g/mol. The summed E-state index contributed by atoms with van der Waals surface area (Å²) in [7, 11) is 3.96. The molecule has 328 valence electrons. The van der Waals surface area contributed by atoms with E-state index in [1.165, 1.54) is 17.2 Å². The lowest BCUT2D eigenvalue weighted by Gasteiger charge is -2.35. The van der Waals surface area contributed by atoms with Gasteiger partial charge in [-0.15, -0.1) is 0 Å². The zero-order chi connectivity index (χ0) is 44.2. The van der Waals surface area contributed by atoms with E-state index in [2.05, 4.69) is 67.6 Å². The summed E-state index contributed by atoms with van der Waals surface area (Å²) in [6, 6.07) is 39.2. The normalized spacial score (nSPS) is 15.8. The van der Waals surface area contributed by atoms with Gasteiger partial charge in [-0.3, -0.25) is 9.80 Å². The SMILES string of the molecule is Cn1cnc2ccc(-c3cccc(OCC(O)CN4Cc5ccccc5C(F)(F)C4)c3)cc21.Cn1cnc2ccc(-c3ccnc(NC[C@@H](O)CN4CCc5ccccc5C4)c3)cc21. The van der Waals surface area contributed by atoms with Gasteiger partial charge in [-0.25, -0.2) is 15.0 Å². The topological polar surface area (TPSA) is 117 Å². The first kappa shape index (κ1) is 42.8. The number of β-amino-alcohol motifs (C(OH)–C–C–N with tert-alkyl or cyclic N) is 2. The van der Waals surface area contributed by atoms with E-state index in [9.17, 15) is 19.0 Å². The third-order valence-electron chi connectivity index (χ3n) is 12.0. The first-order chi connectivity index (χ1) is 31.0. The van der Waals surface area contributed by atoms with Gasteiger partial charge in [0.05, 0.1) is 47.4 Å². The number of nitrogens with zero attached hydrogens (tertiary/aromatic N) is 7. The second-order valence-corrected chi connectivity index (χ2v) is 16.9. The summed E-state index contributed by atoms with van der Waals surface area (Å²) in [5, 5.41) is 24.4. The summed E-state index contributed by atoms with van der Waals surface area (Å²) < 4.78 is 38.8. The summed E-state index contributed by atoms with van der Waals surface area (Å²) >= 11 is 0. The van der Waals surface area contributed by atoms with Crippen LogP contribution < -0.4 is 10.1 Å². The highest BCUT2D eigenvalue weighted by Crippen LogP contribution is 2.36. The van der Waals surface area contributed by atoms with Gasteiger partial charge in [0.1, 0.15) is 24.3 Å². The van der Waals surface area contributed by atoms with Crippen LogP contribution in [0.4, 0.5) is 14.6 Å². The van der Waals surface area contributed by atoms with Gasteiger partial charge in [-0.1, -0.05) is 72.8 Å². The molecule has 11 nitrogen and oxygen atoms in total. The first-order valence-electron chi connectivity index (χ1n) is 21.6. The highest BCUT2D eigenvalue weighted by Gasteiger charge is 2.40. The number of hydrogen-bond acceptors (Lipinski definition) is 9. The quantitative estimate of drug-likeness (QED) is 0.112. The average Bonchev–Trinajstić information content (AvgIpc) is 3.88. The molecule has 0 saturated carbocycles. The van der Waals surface area contributed by atoms with Crippen LogP contribution in [-0.2, 0) is 39.5 Å². The summed E-state index contributed by atoms with van der Waals surface area (Å²) in [5.74, 6) is -1.55. The van der Waals surface area contributed by atoms with E-state index < -0.39 is 24.7 Å². The number of rotatable bonds is 12. The summed E-state index contributed by atoms with van der Waals surface area (Å²) in [6.07, 6.45) is 5.12. The molecule has 0 fully saturated rings. The highest BCUT2D eigenvalue weighted by molar-refractivity contribution is 5.83. The molecule has 64 heavy (non-hydrogen) atoms. The van der Waals surface area contributed by atoms with Gasteiger partial charge in [-0.2, -0.15) is 8.78 Å². The predicted molar refractivity (Wildman–Crippen MR) is 247 cm³/mol. The van der Waals surface area contributed by atoms with Gasteiger partial charge < -0.3 is 29.4 Å². The van der Waals surface area contributed by atoms with Crippen LogP contribution in [0.1, 0.15) is 22.3 Å². The molecule has 1 unspecified atom stereocenters. The zero-order valence-corrected chi connectivity index (χ0v) is 36.0. The number of hydrogen-bond donors (Lipinski definition) is 3. The molecule has 0 bridgehead atoms. The van der Waals surface area contributed by atoms with Crippen LogP contribution in [0.15, 0.2) is 140 Å². The van der Waals surface area contributed by atoms with E-state index in [1.807, 2.05) is 84.2 Å². The van der Waals surface area contributed by atoms with Crippen LogP contribution in [0.5, 0.6) is 5.75 Å². The number of aliphatic hydroxyl groups is 2. The second-order valence-electron chi connectivity index (χ2n) is 16.9. The third-order valence-corrected chi connectivity index (χ3v) is 12.0. The minimum atomic E-state index is -2.93. The molecular weight excluding hydrogens is 811 g/mol. The predicted octanol–water partition coefficient (Wildman–Crippen LogP) is 8.05. The number of aryl methyl sites for hydroxylation is 2. The minimum Gasteiger partial charge on any atom is -0.491 e. The molecule has 0 radical (unpaired) electrons. The van der Waals surface area contributed by atoms with E-state index in [0.29, 0.717) is 30.9 Å². The Labute approximate surface area is 371 Å². The number of alkyl halides is 2. The molecule has 3 N–H and O–H groups in total. The molecular formula is C51H52F2N8O3. The van der Waals surface area contributed by atoms with E-state index in [-0.39, 0.29) is 18.7 Å². The lowest BCUT2D eigenvalue weighted by atomic mass is 9.96. The van der Waals surface area contributed by atoms with Crippen molar-refractivity contribution in [1.82, 2.24) is 33.9 Å². The fourth-order valence-electron chi connectivity index (χ4n) is 8.73. The molecule has 0 aliphatic carbocycles. The Morgan fingerprint density at radius 1 is 0.656 bits per heavy atom. The molecule has 5 heterocycles. The third kappa shape index (κ3) is 9.83. The Morgan fingerprint density at radius 2 is 1.28 bits per heavy atom. The van der Waals surface area contributed by atoms with Crippen molar-refractivity contribution in [1.29, 1.82) is 0 Å². The number of fused-ring (bicyclic) bond motifs is 4. The fourth-order valence-corrected chi connectivity index (χ4v) is 8.73. The number of anilines is 1. The largest absolute Gasteiger partial charge is 0.491 e. The van der Waals surface area contributed by atoms with E-state index in [4.69, 9.17) is 4.74 Å². The maximum absolute atomic E-state index is 14.5. The molecule has 0 saturated heterocycles. The molecule has 2 aliphatic rings. The van der Waals surface area contributed by atoms with Crippen LogP contribution in [-0.4, -0.2) is 95.6 Å². The van der Waals surface area contributed by atoms with E-state index in [1.54, 1.807) is 35.6 Å². The molecule has 10 rings (SSSR count). The van der Waals surface area contributed by atoms with Crippen molar-refractivity contribution in [3.05, 3.63) is 162 Å². The van der Waals surface area contributed by atoms with Crippen molar-refractivity contribution in [3.8, 4) is 28.0 Å². The minimum absolute atomic E-state index is 0.0218. The first-order valence-corrected chi connectivity index (χ1v) is 21.6. The van der Waals surface area contributed by atoms with Crippen molar-refractivity contribution in [2.45, 2.75) is 37.6 Å². The molecule has 2 aliphatic heterocycles. The molecule has 0 amide bonds. The van der Waals surface area contributed by atoms with E-state index >= 15 is 0 Å². The summed E-state index contributed by atoms with van der Waals surface area (Å²) in [4.78, 5) is 17.1. The Bertz CT molecular complexity index is 2880. The van der Waals surface area contributed by atoms with Crippen molar-refractivity contribution in [2.24, 2.45) is 14.1 Å². The lowest BCUT2D eigenvalue weighted by Crippen LogP contribution is -2.44. The number of imidazole rings is 2.